The van der Waals surface area contributed by atoms with E-state index in [2.05, 4.69) is 12.2 Å². The third kappa shape index (κ3) is 4.24. The second-order valence-electron chi connectivity index (χ2n) is 3.89. The molecule has 0 amide bonds. The summed E-state index contributed by atoms with van der Waals surface area (Å²) in [5.41, 5.74) is 1.74. The van der Waals surface area contributed by atoms with Crippen LogP contribution in [0, 0.1) is 0 Å². The lowest BCUT2D eigenvalue weighted by atomic mass is 10.1. The van der Waals surface area contributed by atoms with Gasteiger partial charge >= 0.3 is 0 Å². The van der Waals surface area contributed by atoms with Gasteiger partial charge in [0.2, 0.25) is 0 Å². The van der Waals surface area contributed by atoms with Crippen molar-refractivity contribution in [3.63, 3.8) is 0 Å². The van der Waals surface area contributed by atoms with Crippen molar-refractivity contribution in [2.45, 2.75) is 26.5 Å². The molecule has 1 rings (SSSR count). The zero-order chi connectivity index (χ0) is 12.7. The summed E-state index contributed by atoms with van der Waals surface area (Å²) in [6, 6.07) is 5.90. The molecule has 0 bridgehead atoms. The molecule has 0 aliphatic rings. The zero-order valence-corrected chi connectivity index (χ0v) is 10.7. The molecule has 1 unspecified atom stereocenters. The highest BCUT2D eigenvalue weighted by Gasteiger charge is 2.06. The van der Waals surface area contributed by atoms with E-state index < -0.39 is 0 Å². The molecule has 0 fully saturated rings. The monoisotopic (exact) mass is 239 g/mol. The molecule has 1 atom stereocenters. The summed E-state index contributed by atoms with van der Waals surface area (Å²) in [4.78, 5) is 0. The van der Waals surface area contributed by atoms with Crippen LogP contribution in [0.25, 0.3) is 0 Å². The highest BCUT2D eigenvalue weighted by atomic mass is 16.5. The number of anilines is 1. The van der Waals surface area contributed by atoms with Gasteiger partial charge < -0.3 is 19.9 Å². The molecule has 0 saturated heterocycles. The maximum absolute atomic E-state index is 9.22. The number of hydrogen-bond donors (Lipinski definition) is 2. The minimum atomic E-state index is -0.0292. The summed E-state index contributed by atoms with van der Waals surface area (Å²) in [7, 11) is 1.60. The molecule has 0 heterocycles. The van der Waals surface area contributed by atoms with Crippen molar-refractivity contribution in [2.24, 2.45) is 0 Å². The van der Waals surface area contributed by atoms with E-state index in [9.17, 15) is 5.11 Å². The van der Waals surface area contributed by atoms with Crippen LogP contribution >= 0.6 is 0 Å². The summed E-state index contributed by atoms with van der Waals surface area (Å²) in [6.45, 7) is 5.38. The van der Waals surface area contributed by atoms with Crippen LogP contribution in [0.2, 0.25) is 0 Å². The quantitative estimate of drug-likeness (QED) is 0.764. The highest BCUT2D eigenvalue weighted by molar-refractivity contribution is 5.51. The number of hydrogen-bond acceptors (Lipinski definition) is 4. The lowest BCUT2D eigenvalue weighted by Crippen LogP contribution is -2.21. The smallest absolute Gasteiger partial charge is 0.124 e. The Bertz CT molecular complexity index is 341. The molecule has 0 radical (unpaired) electrons. The SMILES string of the molecule is CCOCC(C)Nc1ccc(OC)c(CO)c1. The molecule has 0 spiro atoms. The first-order valence-corrected chi connectivity index (χ1v) is 5.83. The van der Waals surface area contributed by atoms with E-state index in [1.807, 2.05) is 25.1 Å². The predicted molar refractivity (Wildman–Crippen MR) is 68.5 cm³/mol. The topological polar surface area (TPSA) is 50.7 Å². The minimum Gasteiger partial charge on any atom is -0.496 e. The van der Waals surface area contributed by atoms with Gasteiger partial charge in [0.1, 0.15) is 5.75 Å². The highest BCUT2D eigenvalue weighted by Crippen LogP contribution is 2.22. The zero-order valence-electron chi connectivity index (χ0n) is 10.7. The molecule has 4 nitrogen and oxygen atoms in total. The summed E-state index contributed by atoms with van der Waals surface area (Å²) in [6.07, 6.45) is 0. The summed E-state index contributed by atoms with van der Waals surface area (Å²) in [5, 5.41) is 12.5. The van der Waals surface area contributed by atoms with Gasteiger partial charge in [-0.2, -0.15) is 0 Å². The van der Waals surface area contributed by atoms with Crippen LogP contribution in [0.1, 0.15) is 19.4 Å². The Morgan fingerprint density at radius 3 is 2.76 bits per heavy atom. The Labute approximate surface area is 103 Å². The molecule has 2 N–H and O–H groups in total. The minimum absolute atomic E-state index is 0.0292. The number of nitrogens with one attached hydrogen (secondary N) is 1. The van der Waals surface area contributed by atoms with Gasteiger partial charge in [-0.25, -0.2) is 0 Å². The molecule has 1 aromatic carbocycles. The van der Waals surface area contributed by atoms with Gasteiger partial charge in [-0.3, -0.25) is 0 Å². The van der Waals surface area contributed by atoms with E-state index in [1.54, 1.807) is 7.11 Å². The van der Waals surface area contributed by atoms with Crippen LogP contribution in [-0.2, 0) is 11.3 Å². The molecular weight excluding hydrogens is 218 g/mol. The Morgan fingerprint density at radius 2 is 2.18 bits per heavy atom. The Morgan fingerprint density at radius 1 is 1.41 bits per heavy atom. The molecule has 4 heteroatoms. The van der Waals surface area contributed by atoms with Crippen molar-refractivity contribution < 1.29 is 14.6 Å². The van der Waals surface area contributed by atoms with Crippen molar-refractivity contribution in [2.75, 3.05) is 25.6 Å². The molecule has 0 aliphatic heterocycles. The van der Waals surface area contributed by atoms with Crippen LogP contribution < -0.4 is 10.1 Å². The fraction of sp³-hybridized carbons (Fsp3) is 0.538. The van der Waals surface area contributed by atoms with Gasteiger partial charge in [0, 0.05) is 23.9 Å². The van der Waals surface area contributed by atoms with E-state index in [4.69, 9.17) is 9.47 Å². The standard InChI is InChI=1S/C13H21NO3/c1-4-17-9-10(2)14-12-5-6-13(16-3)11(7-12)8-15/h5-7,10,14-15H,4,8-9H2,1-3H3. The molecule has 0 saturated carbocycles. The largest absolute Gasteiger partial charge is 0.496 e. The second-order valence-corrected chi connectivity index (χ2v) is 3.89. The Balaban J connectivity index is 2.65. The Kier molecular flexibility index (Phi) is 5.80. The van der Waals surface area contributed by atoms with E-state index >= 15 is 0 Å². The fourth-order valence-corrected chi connectivity index (χ4v) is 1.61. The van der Waals surface area contributed by atoms with Crippen LogP contribution in [-0.4, -0.2) is 31.5 Å². The lowest BCUT2D eigenvalue weighted by Gasteiger charge is -2.16. The average molecular weight is 239 g/mol. The third-order valence-electron chi connectivity index (χ3n) is 2.44. The first-order chi connectivity index (χ1) is 8.21. The van der Waals surface area contributed by atoms with Crippen LogP contribution in [0.4, 0.5) is 5.69 Å². The second kappa shape index (κ2) is 7.14. The molecule has 96 valence electrons. The maximum Gasteiger partial charge on any atom is 0.124 e. The first kappa shape index (κ1) is 13.8. The normalized spacial score (nSPS) is 12.2. The molecule has 17 heavy (non-hydrogen) atoms. The van der Waals surface area contributed by atoms with Crippen LogP contribution in [0.3, 0.4) is 0 Å². The van der Waals surface area contributed by atoms with Crippen molar-refractivity contribution in [1.82, 2.24) is 0 Å². The molecule has 1 aromatic rings. The van der Waals surface area contributed by atoms with Gasteiger partial charge in [-0.05, 0) is 32.0 Å². The molecule has 0 aromatic heterocycles. The van der Waals surface area contributed by atoms with Crippen molar-refractivity contribution in [3.8, 4) is 5.75 Å². The van der Waals surface area contributed by atoms with E-state index in [-0.39, 0.29) is 12.6 Å². The molecule has 0 aliphatic carbocycles. The van der Waals surface area contributed by atoms with Crippen molar-refractivity contribution in [1.29, 1.82) is 0 Å². The van der Waals surface area contributed by atoms with Gasteiger partial charge in [-0.15, -0.1) is 0 Å². The number of aliphatic hydroxyl groups is 1. The van der Waals surface area contributed by atoms with Gasteiger partial charge in [0.25, 0.3) is 0 Å². The first-order valence-electron chi connectivity index (χ1n) is 5.83. The predicted octanol–water partition coefficient (Wildman–Crippen LogP) is 2.02. The number of aliphatic hydroxyl groups excluding tert-OH is 1. The summed E-state index contributed by atoms with van der Waals surface area (Å²) < 4.78 is 10.5. The fourth-order valence-electron chi connectivity index (χ4n) is 1.61. The number of ether oxygens (including phenoxy) is 2. The number of rotatable bonds is 7. The average Bonchev–Trinajstić information content (AvgIpc) is 2.36. The van der Waals surface area contributed by atoms with E-state index in [0.717, 1.165) is 17.9 Å². The maximum atomic E-state index is 9.22. The third-order valence-corrected chi connectivity index (χ3v) is 2.44. The van der Waals surface area contributed by atoms with Crippen molar-refractivity contribution in [3.05, 3.63) is 23.8 Å². The summed E-state index contributed by atoms with van der Waals surface area (Å²) in [5.74, 6) is 0.704. The van der Waals surface area contributed by atoms with Gasteiger partial charge in [0.15, 0.2) is 0 Å². The summed E-state index contributed by atoms with van der Waals surface area (Å²) >= 11 is 0. The lowest BCUT2D eigenvalue weighted by molar-refractivity contribution is 0.141. The van der Waals surface area contributed by atoms with Gasteiger partial charge in [0.05, 0.1) is 20.3 Å². The number of benzene rings is 1. The van der Waals surface area contributed by atoms with Crippen LogP contribution in [0.5, 0.6) is 5.75 Å². The Hall–Kier alpha value is -1.26. The number of methoxy groups -OCH3 is 1. The molecular formula is C13H21NO3. The van der Waals surface area contributed by atoms with Crippen LogP contribution in [0.15, 0.2) is 18.2 Å². The van der Waals surface area contributed by atoms with E-state index in [0.29, 0.717) is 12.4 Å². The van der Waals surface area contributed by atoms with Crippen molar-refractivity contribution >= 4 is 5.69 Å². The van der Waals surface area contributed by atoms with E-state index in [1.165, 1.54) is 0 Å². The van der Waals surface area contributed by atoms with Gasteiger partial charge in [-0.1, -0.05) is 0 Å².